The molecule has 0 amide bonds. The fourth-order valence-electron chi connectivity index (χ4n) is 0.744. The largest absolute Gasteiger partial charge is 0.107 e. The lowest BCUT2D eigenvalue weighted by Crippen LogP contribution is -1.64. The Morgan fingerprint density at radius 2 is 1.33 bits per heavy atom. The van der Waals surface area contributed by atoms with Gasteiger partial charge >= 0.3 is 0 Å². The molecule has 0 aliphatic heterocycles. The zero-order chi connectivity index (χ0) is 9.66. The van der Waals surface area contributed by atoms with Gasteiger partial charge in [-0.3, -0.25) is 0 Å². The maximum atomic E-state index is 3.00. The third-order valence-corrected chi connectivity index (χ3v) is 1.54. The number of rotatable bonds is 4. The Balaban J connectivity index is 0. The lowest BCUT2D eigenvalue weighted by molar-refractivity contribution is 0.772. The molecule has 0 spiro atoms. The Kier molecular flexibility index (Phi) is 19.8. The van der Waals surface area contributed by atoms with Gasteiger partial charge in [0.15, 0.2) is 0 Å². The quantitative estimate of drug-likeness (QED) is 0.431. The lowest BCUT2D eigenvalue weighted by atomic mass is 10.3. The van der Waals surface area contributed by atoms with Crippen LogP contribution in [-0.2, 0) is 0 Å². The molecule has 0 nitrogen and oxygen atoms in total. The summed E-state index contributed by atoms with van der Waals surface area (Å²) in [4.78, 5) is 0. The van der Waals surface area contributed by atoms with Gasteiger partial charge in [0.1, 0.15) is 0 Å². The van der Waals surface area contributed by atoms with E-state index in [9.17, 15) is 0 Å². The molecule has 0 N–H and O–H groups in total. The lowest BCUT2D eigenvalue weighted by Gasteiger charge is -1.80. The maximum absolute atomic E-state index is 3.00. The molecule has 0 rings (SSSR count). The van der Waals surface area contributed by atoms with Gasteiger partial charge in [-0.25, -0.2) is 0 Å². The highest BCUT2D eigenvalue weighted by Crippen LogP contribution is 1.89. The molecular weight excluding hydrogens is 144 g/mol. The summed E-state index contributed by atoms with van der Waals surface area (Å²) < 4.78 is 0. The molecule has 0 radical (unpaired) electrons. The number of hydrogen-bond acceptors (Lipinski definition) is 0. The van der Waals surface area contributed by atoms with E-state index in [1.165, 1.54) is 32.1 Å². The van der Waals surface area contributed by atoms with Crippen molar-refractivity contribution in [1.82, 2.24) is 0 Å². The van der Waals surface area contributed by atoms with Gasteiger partial charge in [0.2, 0.25) is 0 Å². The van der Waals surface area contributed by atoms with Crippen LogP contribution in [0.2, 0.25) is 0 Å². The van der Waals surface area contributed by atoms with Crippen LogP contribution in [0.5, 0.6) is 0 Å². The highest BCUT2D eigenvalue weighted by molar-refractivity contribution is 4.94. The normalized spacial score (nSPS) is 7.67. The van der Waals surface area contributed by atoms with Crippen LogP contribution in [0.4, 0.5) is 0 Å². The molecule has 0 bridgehead atoms. The van der Waals surface area contributed by atoms with Crippen molar-refractivity contribution in [1.29, 1.82) is 0 Å². The third-order valence-electron chi connectivity index (χ3n) is 1.54. The van der Waals surface area contributed by atoms with Crippen molar-refractivity contribution in [3.8, 4) is 11.8 Å². The molecule has 0 aromatic heterocycles. The summed E-state index contributed by atoms with van der Waals surface area (Å²) >= 11 is 0. The van der Waals surface area contributed by atoms with Crippen molar-refractivity contribution in [2.75, 3.05) is 0 Å². The van der Waals surface area contributed by atoms with E-state index in [1.807, 2.05) is 6.92 Å². The fraction of sp³-hybridized carbons (Fsp3) is 0.833. The van der Waals surface area contributed by atoms with Crippen molar-refractivity contribution in [3.05, 3.63) is 0 Å². The third kappa shape index (κ3) is 22.7. The van der Waals surface area contributed by atoms with Gasteiger partial charge in [-0.15, -0.1) is 11.8 Å². The van der Waals surface area contributed by atoms with Gasteiger partial charge in [-0.05, 0) is 13.3 Å². The Bertz CT molecular complexity index is 101. The van der Waals surface area contributed by atoms with Crippen LogP contribution in [-0.4, -0.2) is 0 Å². The van der Waals surface area contributed by atoms with E-state index < -0.39 is 0 Å². The van der Waals surface area contributed by atoms with Crippen LogP contribution >= 0.6 is 0 Å². The summed E-state index contributed by atoms with van der Waals surface area (Å²) in [6, 6.07) is 0. The van der Waals surface area contributed by atoms with Crippen molar-refractivity contribution in [3.63, 3.8) is 0 Å². The zero-order valence-corrected chi connectivity index (χ0v) is 9.24. The summed E-state index contributed by atoms with van der Waals surface area (Å²) in [5, 5.41) is 0. The monoisotopic (exact) mass is 168 g/mol. The highest BCUT2D eigenvalue weighted by atomic mass is 13.8. The van der Waals surface area contributed by atoms with E-state index in [-0.39, 0.29) is 0 Å². The Labute approximate surface area is 78.8 Å². The standard InChI is InChI=1S/C7H12.C5H12/c1-3-5-7-6-4-2;1-3-5-4-2/h3,5,7H2,1-2H3;3-5H2,1-2H3. The maximum Gasteiger partial charge on any atom is 0.00884 e. The fourth-order valence-corrected chi connectivity index (χ4v) is 0.744. The van der Waals surface area contributed by atoms with E-state index in [1.54, 1.807) is 0 Å². The summed E-state index contributed by atoms with van der Waals surface area (Å²) in [7, 11) is 0. The molecule has 0 fully saturated rings. The second-order valence-electron chi connectivity index (χ2n) is 2.88. The minimum atomic E-state index is 1.08. The van der Waals surface area contributed by atoms with Gasteiger partial charge in [-0.1, -0.05) is 46.5 Å². The van der Waals surface area contributed by atoms with Gasteiger partial charge in [0.25, 0.3) is 0 Å². The summed E-state index contributed by atoms with van der Waals surface area (Å²) in [6.07, 6.45) is 7.66. The van der Waals surface area contributed by atoms with Crippen LogP contribution in [0.25, 0.3) is 0 Å². The van der Waals surface area contributed by atoms with E-state index in [2.05, 4.69) is 32.6 Å². The van der Waals surface area contributed by atoms with Crippen LogP contribution in [0.1, 0.15) is 66.2 Å². The average Bonchev–Trinajstić information content (AvgIpc) is 2.08. The van der Waals surface area contributed by atoms with E-state index >= 15 is 0 Å². The molecule has 0 aliphatic rings. The van der Waals surface area contributed by atoms with E-state index in [0.29, 0.717) is 0 Å². The molecule has 0 atom stereocenters. The number of hydrogen-bond donors (Lipinski definition) is 0. The molecule has 0 aliphatic carbocycles. The second kappa shape index (κ2) is 16.9. The van der Waals surface area contributed by atoms with Crippen molar-refractivity contribution in [2.24, 2.45) is 0 Å². The highest BCUT2D eigenvalue weighted by Gasteiger charge is 1.72. The topological polar surface area (TPSA) is 0 Å². The van der Waals surface area contributed by atoms with Gasteiger partial charge < -0.3 is 0 Å². The first-order valence-corrected chi connectivity index (χ1v) is 5.22. The summed E-state index contributed by atoms with van der Waals surface area (Å²) in [5.74, 6) is 5.85. The molecule has 0 aromatic rings. The molecule has 0 heteroatoms. The van der Waals surface area contributed by atoms with Crippen molar-refractivity contribution < 1.29 is 0 Å². The first-order chi connectivity index (χ1) is 5.83. The molecule has 0 saturated carbocycles. The summed E-state index contributed by atoms with van der Waals surface area (Å²) in [6.45, 7) is 8.49. The van der Waals surface area contributed by atoms with Gasteiger partial charge in [-0.2, -0.15) is 0 Å². The smallest absolute Gasteiger partial charge is 0.00884 e. The molecule has 0 aromatic carbocycles. The molecule has 0 unspecified atom stereocenters. The SMILES string of the molecule is CC#CCCCC.CCCCC. The Hall–Kier alpha value is -0.440. The van der Waals surface area contributed by atoms with E-state index in [4.69, 9.17) is 0 Å². The van der Waals surface area contributed by atoms with Gasteiger partial charge in [0.05, 0.1) is 0 Å². The predicted octanol–water partition coefficient (Wildman–Crippen LogP) is 4.40. The average molecular weight is 168 g/mol. The molecular formula is C12H24. The van der Waals surface area contributed by atoms with Crippen LogP contribution < -0.4 is 0 Å². The molecule has 0 saturated heterocycles. The first kappa shape index (κ1) is 14.1. The Morgan fingerprint density at radius 3 is 1.58 bits per heavy atom. The van der Waals surface area contributed by atoms with Crippen LogP contribution in [0.3, 0.4) is 0 Å². The molecule has 12 heavy (non-hydrogen) atoms. The van der Waals surface area contributed by atoms with Crippen LogP contribution in [0.15, 0.2) is 0 Å². The predicted molar refractivity (Wildman–Crippen MR) is 58.2 cm³/mol. The minimum absolute atomic E-state index is 1.08. The molecule has 0 heterocycles. The first-order valence-electron chi connectivity index (χ1n) is 5.22. The second-order valence-corrected chi connectivity index (χ2v) is 2.88. The molecule has 72 valence electrons. The zero-order valence-electron chi connectivity index (χ0n) is 9.24. The number of unbranched alkanes of at least 4 members (excludes halogenated alkanes) is 4. The van der Waals surface area contributed by atoms with Crippen molar-refractivity contribution >= 4 is 0 Å². The van der Waals surface area contributed by atoms with E-state index in [0.717, 1.165) is 6.42 Å². The van der Waals surface area contributed by atoms with Crippen molar-refractivity contribution in [2.45, 2.75) is 66.2 Å². The van der Waals surface area contributed by atoms with Gasteiger partial charge in [0, 0.05) is 6.42 Å². The van der Waals surface area contributed by atoms with Crippen LogP contribution in [0, 0.1) is 11.8 Å². The minimum Gasteiger partial charge on any atom is -0.107 e. The summed E-state index contributed by atoms with van der Waals surface area (Å²) in [5.41, 5.74) is 0. The Morgan fingerprint density at radius 1 is 0.833 bits per heavy atom.